The molecule has 0 bridgehead atoms. The van der Waals surface area contributed by atoms with Gasteiger partial charge < -0.3 is 19.9 Å². The molecule has 2 heterocycles. The SMILES string of the molecule is C/C(=C/C(C(C)C)N(C)C(=O)C(NC(=O)C1N(C)Cc2c(c3ccccc3n2C)C1(C)C)C(C)(C)C)C(=O)O. The number of aryl methyl sites for hydroxylation is 1. The lowest BCUT2D eigenvalue weighted by Crippen LogP contribution is -2.63. The molecule has 3 atom stereocenters. The molecular formula is C31H46N4O4. The van der Waals surface area contributed by atoms with Gasteiger partial charge in [-0.3, -0.25) is 14.5 Å². The van der Waals surface area contributed by atoms with Gasteiger partial charge in [0.2, 0.25) is 11.8 Å². The third-order valence-corrected chi connectivity index (χ3v) is 8.28. The molecule has 1 aliphatic rings. The number of fused-ring (bicyclic) bond motifs is 3. The Bertz CT molecular complexity index is 1300. The minimum atomic E-state index is -1.02. The predicted molar refractivity (Wildman–Crippen MR) is 155 cm³/mol. The number of amides is 2. The van der Waals surface area contributed by atoms with E-state index in [1.165, 1.54) is 18.2 Å². The third-order valence-electron chi connectivity index (χ3n) is 8.28. The molecule has 0 spiro atoms. The smallest absolute Gasteiger partial charge is 0.331 e. The van der Waals surface area contributed by atoms with Gasteiger partial charge in [0.1, 0.15) is 6.04 Å². The fourth-order valence-corrected chi connectivity index (χ4v) is 6.19. The van der Waals surface area contributed by atoms with Crippen molar-refractivity contribution in [3.63, 3.8) is 0 Å². The van der Waals surface area contributed by atoms with Crippen LogP contribution in [-0.4, -0.2) is 69.5 Å². The first-order chi connectivity index (χ1) is 17.9. The number of carbonyl (C=O) groups excluding carboxylic acids is 2. The molecule has 2 N–H and O–H groups in total. The highest BCUT2D eigenvalue weighted by Gasteiger charge is 2.48. The molecule has 1 aromatic carbocycles. The van der Waals surface area contributed by atoms with Gasteiger partial charge in [-0.05, 0) is 36.9 Å². The van der Waals surface area contributed by atoms with Crippen LogP contribution in [0.5, 0.6) is 0 Å². The van der Waals surface area contributed by atoms with Crippen LogP contribution in [0.2, 0.25) is 0 Å². The van der Waals surface area contributed by atoms with Crippen LogP contribution in [-0.2, 0) is 33.4 Å². The third kappa shape index (κ3) is 5.62. The first-order valence-corrected chi connectivity index (χ1v) is 13.7. The van der Waals surface area contributed by atoms with Gasteiger partial charge in [0.15, 0.2) is 0 Å². The molecule has 0 saturated heterocycles. The molecule has 3 rings (SSSR count). The average Bonchev–Trinajstić information content (AvgIpc) is 3.11. The molecule has 214 valence electrons. The van der Waals surface area contributed by atoms with E-state index in [9.17, 15) is 19.5 Å². The van der Waals surface area contributed by atoms with Crippen LogP contribution in [0.3, 0.4) is 0 Å². The van der Waals surface area contributed by atoms with Crippen LogP contribution in [0, 0.1) is 11.3 Å². The molecule has 2 amide bonds. The zero-order valence-electron chi connectivity index (χ0n) is 25.4. The van der Waals surface area contributed by atoms with Crippen LogP contribution < -0.4 is 5.32 Å². The number of hydrogen-bond acceptors (Lipinski definition) is 4. The summed E-state index contributed by atoms with van der Waals surface area (Å²) in [5.41, 5.74) is 2.59. The zero-order valence-corrected chi connectivity index (χ0v) is 25.4. The standard InChI is InChI=1S/C31H46N4O4/c1-18(2)22(16-19(3)29(38)39)35(11)28(37)25(30(4,5)6)32-27(36)26-31(7,8)24-20-14-12-13-15-21(20)34(10)23(24)17-33(26)9/h12-16,18,22,25-26H,17H2,1-11H3,(H,32,36)(H,38,39)/b19-16-. The van der Waals surface area contributed by atoms with E-state index < -0.39 is 34.9 Å². The van der Waals surface area contributed by atoms with Crippen LogP contribution >= 0.6 is 0 Å². The molecule has 39 heavy (non-hydrogen) atoms. The van der Waals surface area contributed by atoms with E-state index in [0.717, 1.165) is 10.9 Å². The van der Waals surface area contributed by atoms with Gasteiger partial charge in [-0.25, -0.2) is 4.79 Å². The minimum absolute atomic E-state index is 0.0160. The molecule has 0 aliphatic carbocycles. The Kier molecular flexibility index (Phi) is 8.42. The molecule has 0 radical (unpaired) electrons. The van der Waals surface area contributed by atoms with Crippen molar-refractivity contribution in [2.75, 3.05) is 14.1 Å². The summed E-state index contributed by atoms with van der Waals surface area (Å²) in [6, 6.07) is 6.56. The van der Waals surface area contributed by atoms with Crippen molar-refractivity contribution in [2.24, 2.45) is 18.4 Å². The Balaban J connectivity index is 1.98. The van der Waals surface area contributed by atoms with Crippen LogP contribution in [0.15, 0.2) is 35.9 Å². The number of rotatable bonds is 7. The highest BCUT2D eigenvalue weighted by atomic mass is 16.4. The van der Waals surface area contributed by atoms with Gasteiger partial charge in [0.05, 0.1) is 12.1 Å². The molecule has 8 nitrogen and oxygen atoms in total. The molecule has 0 saturated carbocycles. The minimum Gasteiger partial charge on any atom is -0.478 e. The van der Waals surface area contributed by atoms with Crippen molar-refractivity contribution >= 4 is 28.7 Å². The quantitative estimate of drug-likeness (QED) is 0.512. The lowest BCUT2D eigenvalue weighted by Gasteiger charge is -2.45. The van der Waals surface area contributed by atoms with E-state index in [4.69, 9.17) is 0 Å². The largest absolute Gasteiger partial charge is 0.478 e. The molecule has 0 fully saturated rings. The summed E-state index contributed by atoms with van der Waals surface area (Å²) >= 11 is 0. The number of para-hydroxylation sites is 1. The van der Waals surface area contributed by atoms with Gasteiger partial charge in [-0.1, -0.05) is 72.7 Å². The lowest BCUT2D eigenvalue weighted by atomic mass is 9.72. The number of hydrogen-bond donors (Lipinski definition) is 2. The molecule has 8 heteroatoms. The Hall–Kier alpha value is -3.13. The molecule has 3 unspecified atom stereocenters. The van der Waals surface area contributed by atoms with E-state index in [2.05, 4.69) is 47.8 Å². The van der Waals surface area contributed by atoms with E-state index in [1.54, 1.807) is 18.0 Å². The number of benzene rings is 1. The van der Waals surface area contributed by atoms with E-state index in [0.29, 0.717) is 6.54 Å². The fraction of sp³-hybridized carbons (Fsp3) is 0.581. The molecule has 1 aromatic heterocycles. The predicted octanol–water partition coefficient (Wildman–Crippen LogP) is 4.31. The Morgan fingerprint density at radius 2 is 1.74 bits per heavy atom. The number of carboxylic acids is 1. The molecule has 2 aromatic rings. The summed E-state index contributed by atoms with van der Waals surface area (Å²) in [5.74, 6) is -1.47. The number of carbonyl (C=O) groups is 3. The van der Waals surface area contributed by atoms with Gasteiger partial charge in [0.25, 0.3) is 0 Å². The Morgan fingerprint density at radius 3 is 2.28 bits per heavy atom. The number of nitrogens with zero attached hydrogens (tertiary/aromatic N) is 3. The van der Waals surface area contributed by atoms with Crippen LogP contribution in [0.1, 0.15) is 66.6 Å². The summed E-state index contributed by atoms with van der Waals surface area (Å²) in [5, 5.41) is 13.7. The first kappa shape index (κ1) is 30.4. The van der Waals surface area contributed by atoms with Crippen LogP contribution in [0.4, 0.5) is 0 Å². The van der Waals surface area contributed by atoms with Gasteiger partial charge in [0, 0.05) is 48.2 Å². The number of carboxylic acid groups (broad SMARTS) is 1. The monoisotopic (exact) mass is 538 g/mol. The van der Waals surface area contributed by atoms with Crippen molar-refractivity contribution in [3.8, 4) is 0 Å². The highest BCUT2D eigenvalue weighted by Crippen LogP contribution is 2.43. The zero-order chi connectivity index (χ0) is 29.6. The number of likely N-dealkylation sites (N-methyl/N-ethyl adjacent to an activating group) is 2. The van der Waals surface area contributed by atoms with Crippen molar-refractivity contribution in [3.05, 3.63) is 47.2 Å². The summed E-state index contributed by atoms with van der Waals surface area (Å²) in [4.78, 5) is 43.2. The van der Waals surface area contributed by atoms with Crippen molar-refractivity contribution in [2.45, 2.75) is 85.5 Å². The maximum absolute atomic E-state index is 14.1. The topological polar surface area (TPSA) is 94.9 Å². The second-order valence-electron chi connectivity index (χ2n) is 13.1. The average molecular weight is 539 g/mol. The summed E-state index contributed by atoms with van der Waals surface area (Å²) < 4.78 is 2.21. The van der Waals surface area contributed by atoms with Crippen LogP contribution in [0.25, 0.3) is 10.9 Å². The van der Waals surface area contributed by atoms with Crippen molar-refractivity contribution in [1.29, 1.82) is 0 Å². The second kappa shape index (κ2) is 10.8. The van der Waals surface area contributed by atoms with E-state index in [-0.39, 0.29) is 23.3 Å². The second-order valence-corrected chi connectivity index (χ2v) is 13.1. The number of aliphatic carboxylic acids is 1. The summed E-state index contributed by atoms with van der Waals surface area (Å²) in [7, 11) is 5.71. The molecular weight excluding hydrogens is 492 g/mol. The summed E-state index contributed by atoms with van der Waals surface area (Å²) in [6.07, 6.45) is 1.62. The Labute approximate surface area is 233 Å². The van der Waals surface area contributed by atoms with E-state index in [1.807, 2.05) is 53.8 Å². The maximum atomic E-state index is 14.1. The lowest BCUT2D eigenvalue weighted by molar-refractivity contribution is -0.142. The number of aromatic nitrogens is 1. The highest BCUT2D eigenvalue weighted by molar-refractivity contribution is 5.94. The van der Waals surface area contributed by atoms with Crippen molar-refractivity contribution < 1.29 is 19.5 Å². The fourth-order valence-electron chi connectivity index (χ4n) is 6.19. The maximum Gasteiger partial charge on any atom is 0.331 e. The first-order valence-electron chi connectivity index (χ1n) is 13.7. The summed E-state index contributed by atoms with van der Waals surface area (Å²) in [6.45, 7) is 16.1. The van der Waals surface area contributed by atoms with Gasteiger partial charge >= 0.3 is 5.97 Å². The van der Waals surface area contributed by atoms with E-state index >= 15 is 0 Å². The Morgan fingerprint density at radius 1 is 1.15 bits per heavy atom. The van der Waals surface area contributed by atoms with Gasteiger partial charge in [-0.15, -0.1) is 0 Å². The number of nitrogens with one attached hydrogen (secondary N) is 1. The normalized spacial score (nSPS) is 19.5. The van der Waals surface area contributed by atoms with Crippen molar-refractivity contribution in [1.82, 2.24) is 19.7 Å². The van der Waals surface area contributed by atoms with Gasteiger partial charge in [-0.2, -0.15) is 0 Å². The molecule has 1 aliphatic heterocycles.